The quantitative estimate of drug-likeness (QED) is 0.548. The fourth-order valence-electron chi connectivity index (χ4n) is 2.58. The van der Waals surface area contributed by atoms with Gasteiger partial charge in [-0.05, 0) is 43.7 Å². The van der Waals surface area contributed by atoms with Gasteiger partial charge in [-0.1, -0.05) is 29.8 Å². The smallest absolute Gasteiger partial charge is 0.266 e. The number of nitrogens with one attached hydrogen (secondary N) is 1. The third-order valence-electron chi connectivity index (χ3n) is 4.19. The van der Waals surface area contributed by atoms with Crippen LogP contribution in [0.5, 0.6) is 0 Å². The van der Waals surface area contributed by atoms with Gasteiger partial charge in [0.05, 0.1) is 11.9 Å². The molecule has 2 aromatic carbocycles. The number of nitrogens with zero attached hydrogens (tertiary/aromatic N) is 4. The molecule has 1 heterocycles. The molecule has 0 unspecified atom stereocenters. The summed E-state index contributed by atoms with van der Waals surface area (Å²) in [5.74, 6) is -1.06. The number of carbonyl (C=O) groups excluding carboxylic acids is 1. The van der Waals surface area contributed by atoms with Crippen molar-refractivity contribution in [3.8, 4) is 11.8 Å². The van der Waals surface area contributed by atoms with Crippen LogP contribution in [-0.2, 0) is 0 Å². The minimum Gasteiger partial charge on any atom is -0.266 e. The minimum atomic E-state index is -0.682. The number of carbonyl (C=O) groups is 1. The molecule has 0 saturated carbocycles. The van der Waals surface area contributed by atoms with Gasteiger partial charge in [-0.2, -0.15) is 20.1 Å². The lowest BCUT2D eigenvalue weighted by Crippen LogP contribution is -2.31. The summed E-state index contributed by atoms with van der Waals surface area (Å²) in [7, 11) is 0. The van der Waals surface area contributed by atoms with Gasteiger partial charge >= 0.3 is 0 Å². The maximum absolute atomic E-state index is 12.9. The van der Waals surface area contributed by atoms with E-state index in [1.165, 1.54) is 37.4 Å². The first-order valence-corrected chi connectivity index (χ1v) is 8.60. The number of hydrogen-bond donors (Lipinski definition) is 1. The maximum atomic E-state index is 12.9. The van der Waals surface area contributed by atoms with Crippen molar-refractivity contribution < 1.29 is 9.18 Å². The summed E-state index contributed by atoms with van der Waals surface area (Å²) in [5, 5.41) is 17.3. The highest BCUT2D eigenvalue weighted by atomic mass is 19.1. The predicted molar refractivity (Wildman–Crippen MR) is 105 cm³/mol. The standard InChI is InChI=1S/C21H16FN5O2/c1-13-3-9-17(10-4-13)27-21(29)18(11-23)14(2)19(26-27)20(28)25-24-12-15-5-7-16(22)8-6-15/h3-10,12H,1-2H3,(H,25,28)/b24-12+. The van der Waals surface area contributed by atoms with E-state index < -0.39 is 11.5 Å². The average molecular weight is 389 g/mol. The number of nitriles is 1. The summed E-state index contributed by atoms with van der Waals surface area (Å²) in [6.07, 6.45) is 1.34. The van der Waals surface area contributed by atoms with Crippen molar-refractivity contribution in [1.82, 2.24) is 15.2 Å². The highest BCUT2D eigenvalue weighted by Gasteiger charge is 2.20. The fraction of sp³-hybridized carbons (Fsp3) is 0.0952. The van der Waals surface area contributed by atoms with Gasteiger partial charge in [-0.15, -0.1) is 0 Å². The number of rotatable bonds is 4. The van der Waals surface area contributed by atoms with Crippen LogP contribution in [0.3, 0.4) is 0 Å². The molecule has 144 valence electrons. The van der Waals surface area contributed by atoms with Crippen molar-refractivity contribution in [3.05, 3.63) is 92.6 Å². The Kier molecular flexibility index (Phi) is 5.60. The molecule has 0 fully saturated rings. The fourth-order valence-corrected chi connectivity index (χ4v) is 2.58. The Morgan fingerprint density at radius 2 is 1.83 bits per heavy atom. The molecule has 3 aromatic rings. The van der Waals surface area contributed by atoms with E-state index in [2.05, 4.69) is 15.6 Å². The van der Waals surface area contributed by atoms with E-state index in [0.29, 0.717) is 11.3 Å². The Labute approximate surface area is 165 Å². The summed E-state index contributed by atoms with van der Waals surface area (Å²) >= 11 is 0. The van der Waals surface area contributed by atoms with Crippen LogP contribution >= 0.6 is 0 Å². The lowest BCUT2D eigenvalue weighted by atomic mass is 10.1. The molecule has 0 radical (unpaired) electrons. The van der Waals surface area contributed by atoms with Crippen molar-refractivity contribution in [2.24, 2.45) is 5.10 Å². The van der Waals surface area contributed by atoms with Crippen molar-refractivity contribution in [2.45, 2.75) is 13.8 Å². The Morgan fingerprint density at radius 1 is 1.17 bits per heavy atom. The van der Waals surface area contributed by atoms with Crippen LogP contribution in [0.15, 0.2) is 58.4 Å². The van der Waals surface area contributed by atoms with Gasteiger partial charge in [0.1, 0.15) is 17.4 Å². The molecule has 0 saturated heterocycles. The first kappa shape index (κ1) is 19.6. The number of aromatic nitrogens is 2. The number of benzene rings is 2. The molecule has 0 aliphatic heterocycles. The van der Waals surface area contributed by atoms with Crippen molar-refractivity contribution in [2.75, 3.05) is 0 Å². The van der Waals surface area contributed by atoms with E-state index in [1.54, 1.807) is 24.3 Å². The second-order valence-corrected chi connectivity index (χ2v) is 6.26. The number of hydrogen-bond acceptors (Lipinski definition) is 5. The highest BCUT2D eigenvalue weighted by Crippen LogP contribution is 2.11. The molecule has 0 aliphatic carbocycles. The maximum Gasteiger partial charge on any atom is 0.292 e. The van der Waals surface area contributed by atoms with Gasteiger partial charge in [0.15, 0.2) is 5.69 Å². The van der Waals surface area contributed by atoms with Crippen LogP contribution in [0.2, 0.25) is 0 Å². The Bertz CT molecular complexity index is 1190. The summed E-state index contributed by atoms with van der Waals surface area (Å²) in [5.41, 5.74) is 3.59. The van der Waals surface area contributed by atoms with Gasteiger partial charge in [0.2, 0.25) is 0 Å². The molecule has 0 atom stereocenters. The Morgan fingerprint density at radius 3 is 2.45 bits per heavy atom. The predicted octanol–water partition coefficient (Wildman–Crippen LogP) is 2.62. The van der Waals surface area contributed by atoms with Crippen LogP contribution in [-0.4, -0.2) is 21.9 Å². The van der Waals surface area contributed by atoms with Crippen molar-refractivity contribution in [1.29, 1.82) is 5.26 Å². The molecule has 0 aliphatic rings. The molecule has 1 N–H and O–H groups in total. The van der Waals surface area contributed by atoms with Gasteiger partial charge in [-0.25, -0.2) is 9.82 Å². The van der Waals surface area contributed by atoms with E-state index in [1.807, 2.05) is 13.0 Å². The molecular formula is C21H16FN5O2. The molecule has 0 bridgehead atoms. The summed E-state index contributed by atoms with van der Waals surface area (Å²) in [6, 6.07) is 14.3. The van der Waals surface area contributed by atoms with Gasteiger partial charge in [0, 0.05) is 5.56 Å². The average Bonchev–Trinajstić information content (AvgIpc) is 2.71. The lowest BCUT2D eigenvalue weighted by molar-refractivity contribution is 0.0947. The van der Waals surface area contributed by atoms with Gasteiger partial charge in [0.25, 0.3) is 11.5 Å². The monoisotopic (exact) mass is 389 g/mol. The van der Waals surface area contributed by atoms with Crippen LogP contribution in [0.4, 0.5) is 4.39 Å². The lowest BCUT2D eigenvalue weighted by Gasteiger charge is -2.10. The zero-order chi connectivity index (χ0) is 21.0. The first-order chi connectivity index (χ1) is 13.9. The van der Waals surface area contributed by atoms with E-state index in [-0.39, 0.29) is 22.6 Å². The number of halogens is 1. The number of hydrazone groups is 1. The third kappa shape index (κ3) is 4.25. The highest BCUT2D eigenvalue weighted by molar-refractivity contribution is 5.94. The first-order valence-electron chi connectivity index (χ1n) is 8.60. The topological polar surface area (TPSA) is 100 Å². The molecule has 1 amide bonds. The van der Waals surface area contributed by atoms with Crippen molar-refractivity contribution >= 4 is 12.1 Å². The zero-order valence-electron chi connectivity index (χ0n) is 15.7. The molecule has 1 aromatic heterocycles. The largest absolute Gasteiger partial charge is 0.292 e. The Balaban J connectivity index is 1.95. The number of aryl methyl sites for hydroxylation is 1. The normalized spacial score (nSPS) is 10.7. The summed E-state index contributed by atoms with van der Waals surface area (Å²) < 4.78 is 13.9. The van der Waals surface area contributed by atoms with Crippen molar-refractivity contribution in [3.63, 3.8) is 0 Å². The molecule has 8 heteroatoms. The van der Waals surface area contributed by atoms with Crippen LogP contribution in [0.1, 0.15) is 32.7 Å². The molecule has 7 nitrogen and oxygen atoms in total. The van der Waals surface area contributed by atoms with Gasteiger partial charge < -0.3 is 0 Å². The Hall–Kier alpha value is -4.12. The third-order valence-corrected chi connectivity index (χ3v) is 4.19. The molecule has 29 heavy (non-hydrogen) atoms. The molecular weight excluding hydrogens is 373 g/mol. The molecule has 0 spiro atoms. The van der Waals surface area contributed by atoms with E-state index >= 15 is 0 Å². The van der Waals surface area contributed by atoms with E-state index in [9.17, 15) is 19.2 Å². The minimum absolute atomic E-state index is 0.0991. The second-order valence-electron chi connectivity index (χ2n) is 6.26. The van der Waals surface area contributed by atoms with Crippen LogP contribution in [0.25, 0.3) is 5.69 Å². The van der Waals surface area contributed by atoms with Crippen LogP contribution < -0.4 is 11.0 Å². The zero-order valence-corrected chi connectivity index (χ0v) is 15.7. The van der Waals surface area contributed by atoms with Crippen LogP contribution in [0, 0.1) is 31.0 Å². The molecule has 3 rings (SSSR count). The SMILES string of the molecule is Cc1ccc(-n2nc(C(=O)N/N=C/c3ccc(F)cc3)c(C)c(C#N)c2=O)cc1. The number of amides is 1. The van der Waals surface area contributed by atoms with Gasteiger partial charge in [-0.3, -0.25) is 9.59 Å². The van der Waals surface area contributed by atoms with E-state index in [0.717, 1.165) is 10.2 Å². The summed E-state index contributed by atoms with van der Waals surface area (Å²) in [6.45, 7) is 3.37. The summed E-state index contributed by atoms with van der Waals surface area (Å²) in [4.78, 5) is 25.1. The second kappa shape index (κ2) is 8.27. The van der Waals surface area contributed by atoms with E-state index in [4.69, 9.17) is 0 Å².